The number of ether oxygens (including phenoxy) is 1. The van der Waals surface area contributed by atoms with Crippen LogP contribution in [0.25, 0.3) is 0 Å². The summed E-state index contributed by atoms with van der Waals surface area (Å²) in [6.45, 7) is 2.73. The molecular formula is C16H15N3O3. The molecule has 1 aliphatic heterocycles. The third kappa shape index (κ3) is 2.76. The Morgan fingerprint density at radius 2 is 2.18 bits per heavy atom. The lowest BCUT2D eigenvalue weighted by molar-refractivity contribution is 0.102. The molecule has 0 aliphatic carbocycles. The molecule has 1 saturated heterocycles. The number of nitrogens with zero attached hydrogens (tertiary/aromatic N) is 2. The van der Waals surface area contributed by atoms with Crippen LogP contribution in [0, 0.1) is 6.92 Å². The van der Waals surface area contributed by atoms with E-state index in [0.717, 1.165) is 5.56 Å². The first-order valence-corrected chi connectivity index (χ1v) is 6.92. The zero-order valence-electron chi connectivity index (χ0n) is 12.1. The van der Waals surface area contributed by atoms with Gasteiger partial charge in [-0.3, -0.25) is 9.69 Å². The maximum Gasteiger partial charge on any atom is 0.414 e. The topological polar surface area (TPSA) is 71.5 Å². The number of amides is 2. The lowest BCUT2D eigenvalue weighted by Gasteiger charge is -2.14. The van der Waals surface area contributed by atoms with E-state index in [2.05, 4.69) is 10.3 Å². The van der Waals surface area contributed by atoms with Crippen molar-refractivity contribution in [2.45, 2.75) is 6.92 Å². The smallest absolute Gasteiger partial charge is 0.414 e. The fourth-order valence-corrected chi connectivity index (χ4v) is 2.24. The van der Waals surface area contributed by atoms with Crippen LogP contribution in [0.3, 0.4) is 0 Å². The number of carbonyl (C=O) groups is 2. The minimum absolute atomic E-state index is 0.267. The minimum atomic E-state index is -0.391. The van der Waals surface area contributed by atoms with Gasteiger partial charge in [-0.2, -0.15) is 0 Å². The zero-order chi connectivity index (χ0) is 15.5. The number of benzene rings is 1. The summed E-state index contributed by atoms with van der Waals surface area (Å²) in [7, 11) is 0. The first-order valence-electron chi connectivity index (χ1n) is 6.92. The van der Waals surface area contributed by atoms with Crippen molar-refractivity contribution in [3.63, 3.8) is 0 Å². The highest BCUT2D eigenvalue weighted by atomic mass is 16.6. The van der Waals surface area contributed by atoms with Gasteiger partial charge in [0.15, 0.2) is 0 Å². The molecule has 1 fully saturated rings. The van der Waals surface area contributed by atoms with Crippen LogP contribution in [0.4, 0.5) is 16.3 Å². The van der Waals surface area contributed by atoms with E-state index in [-0.39, 0.29) is 5.91 Å². The van der Waals surface area contributed by atoms with Gasteiger partial charge >= 0.3 is 6.09 Å². The molecule has 0 bridgehead atoms. The van der Waals surface area contributed by atoms with Crippen molar-refractivity contribution in [1.82, 2.24) is 4.98 Å². The fourth-order valence-electron chi connectivity index (χ4n) is 2.24. The van der Waals surface area contributed by atoms with Crippen LogP contribution in [-0.2, 0) is 4.74 Å². The second-order valence-electron chi connectivity index (χ2n) is 4.94. The number of nitrogens with one attached hydrogen (secondary N) is 1. The Labute approximate surface area is 127 Å². The van der Waals surface area contributed by atoms with Crippen LogP contribution in [0.15, 0.2) is 42.6 Å². The van der Waals surface area contributed by atoms with E-state index in [0.29, 0.717) is 30.2 Å². The lowest BCUT2D eigenvalue weighted by Crippen LogP contribution is -2.23. The van der Waals surface area contributed by atoms with Crippen LogP contribution in [-0.4, -0.2) is 30.1 Å². The second-order valence-corrected chi connectivity index (χ2v) is 4.94. The number of cyclic esters (lactones) is 1. The molecule has 2 heterocycles. The van der Waals surface area contributed by atoms with Crippen molar-refractivity contribution in [2.24, 2.45) is 0 Å². The molecule has 6 nitrogen and oxygen atoms in total. The Bertz CT molecular complexity index is 730. The van der Waals surface area contributed by atoms with E-state index in [1.807, 2.05) is 19.1 Å². The van der Waals surface area contributed by atoms with E-state index < -0.39 is 6.09 Å². The highest BCUT2D eigenvalue weighted by molar-refractivity contribution is 6.05. The number of aromatic nitrogens is 1. The quantitative estimate of drug-likeness (QED) is 0.945. The number of anilines is 2. The van der Waals surface area contributed by atoms with Crippen molar-refractivity contribution in [3.8, 4) is 0 Å². The molecule has 6 heteroatoms. The number of hydrogen-bond acceptors (Lipinski definition) is 4. The highest BCUT2D eigenvalue weighted by Crippen LogP contribution is 2.21. The van der Waals surface area contributed by atoms with Crippen molar-refractivity contribution in [3.05, 3.63) is 53.7 Å². The molecule has 22 heavy (non-hydrogen) atoms. The van der Waals surface area contributed by atoms with Gasteiger partial charge in [-0.1, -0.05) is 12.1 Å². The van der Waals surface area contributed by atoms with E-state index in [1.165, 1.54) is 4.90 Å². The molecule has 0 atom stereocenters. The van der Waals surface area contributed by atoms with Gasteiger partial charge in [-0.05, 0) is 36.8 Å². The molecule has 2 amide bonds. The molecule has 1 aromatic carbocycles. The summed E-state index contributed by atoms with van der Waals surface area (Å²) in [5.41, 5.74) is 1.99. The standard InChI is InChI=1S/C16H15N3O3/c1-11-4-3-7-17-14(11)18-15(20)12-5-2-6-13(10-12)19-8-9-22-16(19)21/h2-7,10H,8-9H2,1H3,(H,17,18,20). The Morgan fingerprint density at radius 3 is 2.91 bits per heavy atom. The average molecular weight is 297 g/mol. The molecule has 1 aromatic heterocycles. The SMILES string of the molecule is Cc1cccnc1NC(=O)c1cccc(N2CCOC2=O)c1. The molecule has 0 saturated carbocycles. The molecule has 0 radical (unpaired) electrons. The van der Waals surface area contributed by atoms with Crippen molar-refractivity contribution < 1.29 is 14.3 Å². The first-order chi connectivity index (χ1) is 10.6. The molecule has 1 aliphatic rings. The number of hydrogen-bond donors (Lipinski definition) is 1. The highest BCUT2D eigenvalue weighted by Gasteiger charge is 2.24. The molecule has 0 spiro atoms. The first kappa shape index (κ1) is 14.1. The maximum atomic E-state index is 12.3. The van der Waals surface area contributed by atoms with E-state index in [9.17, 15) is 9.59 Å². The summed E-state index contributed by atoms with van der Waals surface area (Å²) < 4.78 is 4.91. The number of rotatable bonds is 3. The summed E-state index contributed by atoms with van der Waals surface area (Å²) in [4.78, 5) is 29.6. The Kier molecular flexibility index (Phi) is 3.74. The zero-order valence-corrected chi connectivity index (χ0v) is 12.1. The summed E-state index contributed by atoms with van der Waals surface area (Å²) >= 11 is 0. The van der Waals surface area contributed by atoms with E-state index >= 15 is 0 Å². The third-order valence-electron chi connectivity index (χ3n) is 3.42. The van der Waals surface area contributed by atoms with Gasteiger partial charge in [0.05, 0.1) is 6.54 Å². The van der Waals surface area contributed by atoms with Crippen LogP contribution in [0.1, 0.15) is 15.9 Å². The van der Waals surface area contributed by atoms with Gasteiger partial charge < -0.3 is 10.1 Å². The van der Waals surface area contributed by atoms with Gasteiger partial charge in [-0.25, -0.2) is 9.78 Å². The molecule has 112 valence electrons. The molecule has 0 unspecified atom stereocenters. The van der Waals surface area contributed by atoms with Gasteiger partial charge in [-0.15, -0.1) is 0 Å². The van der Waals surface area contributed by atoms with Gasteiger partial charge in [0.2, 0.25) is 0 Å². The van der Waals surface area contributed by atoms with Gasteiger partial charge in [0.25, 0.3) is 5.91 Å². The molecule has 2 aromatic rings. The fraction of sp³-hybridized carbons (Fsp3) is 0.188. The van der Waals surface area contributed by atoms with Crippen molar-refractivity contribution in [2.75, 3.05) is 23.4 Å². The third-order valence-corrected chi connectivity index (χ3v) is 3.42. The molecule has 1 N–H and O–H groups in total. The summed E-state index contributed by atoms with van der Waals surface area (Å²) in [5.74, 6) is 0.259. The number of carbonyl (C=O) groups excluding carboxylic acids is 2. The van der Waals surface area contributed by atoms with Crippen LogP contribution < -0.4 is 10.2 Å². The molecular weight excluding hydrogens is 282 g/mol. The van der Waals surface area contributed by atoms with E-state index in [1.54, 1.807) is 30.5 Å². The van der Waals surface area contributed by atoms with Crippen LogP contribution in [0.2, 0.25) is 0 Å². The Hall–Kier alpha value is -2.89. The Morgan fingerprint density at radius 1 is 1.32 bits per heavy atom. The van der Waals surface area contributed by atoms with E-state index in [4.69, 9.17) is 4.74 Å². The monoisotopic (exact) mass is 297 g/mol. The second kappa shape index (κ2) is 5.85. The summed E-state index contributed by atoms with van der Waals surface area (Å²) in [6.07, 6.45) is 1.23. The normalized spacial score (nSPS) is 13.9. The van der Waals surface area contributed by atoms with Crippen molar-refractivity contribution in [1.29, 1.82) is 0 Å². The van der Waals surface area contributed by atoms with Gasteiger partial charge in [0.1, 0.15) is 12.4 Å². The number of aryl methyl sites for hydroxylation is 1. The lowest BCUT2D eigenvalue weighted by atomic mass is 10.1. The summed E-state index contributed by atoms with van der Waals surface area (Å²) in [6, 6.07) is 10.6. The summed E-state index contributed by atoms with van der Waals surface area (Å²) in [5, 5.41) is 2.77. The van der Waals surface area contributed by atoms with Gasteiger partial charge in [0, 0.05) is 17.4 Å². The largest absolute Gasteiger partial charge is 0.447 e. The van der Waals surface area contributed by atoms with Crippen LogP contribution >= 0.6 is 0 Å². The Balaban J connectivity index is 1.81. The van der Waals surface area contributed by atoms with Crippen LogP contribution in [0.5, 0.6) is 0 Å². The molecule has 3 rings (SSSR count). The predicted octanol–water partition coefficient (Wildman–Crippen LogP) is 2.60. The minimum Gasteiger partial charge on any atom is -0.447 e. The number of pyridine rings is 1. The van der Waals surface area contributed by atoms with Crippen molar-refractivity contribution >= 4 is 23.5 Å². The average Bonchev–Trinajstić information content (AvgIpc) is 2.96. The predicted molar refractivity (Wildman–Crippen MR) is 82.1 cm³/mol. The maximum absolute atomic E-state index is 12.3.